The number of carbonyl (C=O) groups excluding carboxylic acids is 3. The van der Waals surface area contributed by atoms with E-state index in [4.69, 9.17) is 0 Å². The van der Waals surface area contributed by atoms with Gasteiger partial charge in [0.25, 0.3) is 11.8 Å². The molecule has 1 aromatic heterocycles. The molecule has 0 aliphatic carbocycles. The molecular weight excluding hydrogens is 356 g/mol. The van der Waals surface area contributed by atoms with Crippen LogP contribution in [0.2, 0.25) is 0 Å². The Morgan fingerprint density at radius 2 is 1.79 bits per heavy atom. The fourth-order valence-electron chi connectivity index (χ4n) is 3.51. The van der Waals surface area contributed by atoms with Gasteiger partial charge in [0, 0.05) is 48.4 Å². The maximum Gasteiger partial charge on any atom is 0.271 e. The molecule has 2 N–H and O–H groups in total. The van der Waals surface area contributed by atoms with Crippen LogP contribution in [0.4, 0.5) is 5.69 Å². The van der Waals surface area contributed by atoms with Gasteiger partial charge in [-0.15, -0.1) is 0 Å². The third-order valence-corrected chi connectivity index (χ3v) is 4.92. The third-order valence-electron chi connectivity index (χ3n) is 4.92. The number of aromatic nitrogens is 1. The number of carbonyl (C=O) groups is 3. The lowest BCUT2D eigenvalue weighted by Crippen LogP contribution is -2.41. The number of hydrogen-bond donors (Lipinski definition) is 2. The van der Waals surface area contributed by atoms with Gasteiger partial charge in [-0.1, -0.05) is 24.3 Å². The molecular formula is C21H20N4O3. The normalized spacial score (nSPS) is 13.8. The Kier molecular flexibility index (Phi) is 4.57. The van der Waals surface area contributed by atoms with E-state index in [-0.39, 0.29) is 5.91 Å². The van der Waals surface area contributed by atoms with Crippen LogP contribution in [0.25, 0.3) is 10.9 Å². The predicted molar refractivity (Wildman–Crippen MR) is 106 cm³/mol. The van der Waals surface area contributed by atoms with Crippen LogP contribution in [0, 0.1) is 0 Å². The van der Waals surface area contributed by atoms with Crippen molar-refractivity contribution in [2.24, 2.45) is 7.05 Å². The van der Waals surface area contributed by atoms with E-state index in [0.29, 0.717) is 29.8 Å². The largest absolute Gasteiger partial charge is 0.350 e. The van der Waals surface area contributed by atoms with E-state index in [1.807, 2.05) is 35.9 Å². The number of aryl methyl sites for hydroxylation is 1. The summed E-state index contributed by atoms with van der Waals surface area (Å²) in [5.74, 6) is -0.778. The molecule has 0 saturated carbocycles. The lowest BCUT2D eigenvalue weighted by molar-refractivity contribution is -0.117. The van der Waals surface area contributed by atoms with Crippen molar-refractivity contribution in [2.45, 2.75) is 12.8 Å². The van der Waals surface area contributed by atoms with Crippen LogP contribution < -0.4 is 15.8 Å². The predicted octanol–water partition coefficient (Wildman–Crippen LogP) is 2.38. The summed E-state index contributed by atoms with van der Waals surface area (Å²) in [5.41, 5.74) is 7.39. The average Bonchev–Trinajstić information content (AvgIpc) is 3.29. The number of benzene rings is 2. The number of hydrogen-bond acceptors (Lipinski definition) is 3. The highest BCUT2D eigenvalue weighted by atomic mass is 16.2. The number of amides is 3. The summed E-state index contributed by atoms with van der Waals surface area (Å²) in [6, 6.07) is 14.4. The van der Waals surface area contributed by atoms with Gasteiger partial charge in [-0.25, -0.2) is 0 Å². The van der Waals surface area contributed by atoms with Crippen molar-refractivity contribution in [1.82, 2.24) is 15.4 Å². The van der Waals surface area contributed by atoms with Crippen LogP contribution in [0.5, 0.6) is 0 Å². The highest BCUT2D eigenvalue weighted by Crippen LogP contribution is 2.22. The summed E-state index contributed by atoms with van der Waals surface area (Å²) in [7, 11) is 1.86. The van der Waals surface area contributed by atoms with Gasteiger partial charge in [-0.05, 0) is 30.7 Å². The van der Waals surface area contributed by atoms with Crippen LogP contribution in [-0.2, 0) is 11.8 Å². The maximum atomic E-state index is 12.5. The Morgan fingerprint density at radius 3 is 2.57 bits per heavy atom. The maximum absolute atomic E-state index is 12.5. The first-order valence-corrected chi connectivity index (χ1v) is 9.10. The molecule has 0 spiro atoms. The summed E-state index contributed by atoms with van der Waals surface area (Å²) in [6.07, 6.45) is 3.07. The van der Waals surface area contributed by atoms with E-state index in [1.165, 1.54) is 0 Å². The first-order chi connectivity index (χ1) is 13.5. The molecule has 7 nitrogen and oxygen atoms in total. The van der Waals surface area contributed by atoms with Crippen LogP contribution in [0.15, 0.2) is 54.7 Å². The van der Waals surface area contributed by atoms with Crippen molar-refractivity contribution in [3.05, 3.63) is 65.9 Å². The topological polar surface area (TPSA) is 83.4 Å². The van der Waals surface area contributed by atoms with Crippen molar-refractivity contribution in [1.29, 1.82) is 0 Å². The SMILES string of the molecule is Cn1cc(C(=O)NNC(=O)c2cccc(N3CCCC3=O)c2)c2ccccc21. The summed E-state index contributed by atoms with van der Waals surface area (Å²) < 4.78 is 1.86. The second-order valence-corrected chi connectivity index (χ2v) is 6.78. The minimum Gasteiger partial charge on any atom is -0.350 e. The lowest BCUT2D eigenvalue weighted by atomic mass is 10.1. The number of para-hydroxylation sites is 1. The van der Waals surface area contributed by atoms with Gasteiger partial charge in [0.05, 0.1) is 5.56 Å². The first-order valence-electron chi connectivity index (χ1n) is 9.10. The van der Waals surface area contributed by atoms with Gasteiger partial charge in [0.15, 0.2) is 0 Å². The number of nitrogens with zero attached hydrogens (tertiary/aromatic N) is 2. The molecule has 7 heteroatoms. The molecule has 142 valence electrons. The second-order valence-electron chi connectivity index (χ2n) is 6.78. The van der Waals surface area contributed by atoms with Gasteiger partial charge in [0.1, 0.15) is 0 Å². The number of fused-ring (bicyclic) bond motifs is 1. The molecule has 1 fully saturated rings. The van der Waals surface area contributed by atoms with Crippen molar-refractivity contribution < 1.29 is 14.4 Å². The van der Waals surface area contributed by atoms with Crippen LogP contribution in [0.3, 0.4) is 0 Å². The molecule has 0 radical (unpaired) electrons. The second kappa shape index (κ2) is 7.19. The Bertz CT molecular complexity index is 1090. The van der Waals surface area contributed by atoms with E-state index in [0.717, 1.165) is 17.3 Å². The van der Waals surface area contributed by atoms with Gasteiger partial charge in [0.2, 0.25) is 5.91 Å². The molecule has 4 rings (SSSR count). The van der Waals surface area contributed by atoms with E-state index in [1.54, 1.807) is 35.4 Å². The highest BCUT2D eigenvalue weighted by molar-refractivity contribution is 6.08. The highest BCUT2D eigenvalue weighted by Gasteiger charge is 2.22. The smallest absolute Gasteiger partial charge is 0.271 e. The molecule has 0 unspecified atom stereocenters. The average molecular weight is 376 g/mol. The zero-order chi connectivity index (χ0) is 19.7. The first kappa shape index (κ1) is 17.8. The molecule has 2 aromatic carbocycles. The van der Waals surface area contributed by atoms with Gasteiger partial charge in [-0.3, -0.25) is 25.2 Å². The fraction of sp³-hybridized carbons (Fsp3) is 0.190. The Morgan fingerprint density at radius 1 is 1.00 bits per heavy atom. The van der Waals surface area contributed by atoms with Gasteiger partial charge in [-0.2, -0.15) is 0 Å². The van der Waals surface area contributed by atoms with Gasteiger partial charge >= 0.3 is 0 Å². The van der Waals surface area contributed by atoms with E-state index < -0.39 is 11.8 Å². The molecule has 1 aliphatic heterocycles. The minimum atomic E-state index is -0.443. The molecule has 1 aliphatic rings. The fourth-order valence-corrected chi connectivity index (χ4v) is 3.51. The number of rotatable bonds is 3. The number of hydrazine groups is 1. The van der Waals surface area contributed by atoms with Crippen molar-refractivity contribution in [3.63, 3.8) is 0 Å². The summed E-state index contributed by atoms with van der Waals surface area (Å²) in [4.78, 5) is 38.6. The molecule has 1 saturated heterocycles. The molecule has 0 bridgehead atoms. The quantitative estimate of drug-likeness (QED) is 0.689. The molecule has 2 heterocycles. The molecule has 28 heavy (non-hydrogen) atoms. The molecule has 3 aromatic rings. The monoisotopic (exact) mass is 376 g/mol. The van der Waals surface area contributed by atoms with E-state index in [2.05, 4.69) is 10.9 Å². The summed E-state index contributed by atoms with van der Waals surface area (Å²) in [6.45, 7) is 0.654. The van der Waals surface area contributed by atoms with Crippen LogP contribution >= 0.6 is 0 Å². The summed E-state index contributed by atoms with van der Waals surface area (Å²) in [5, 5.41) is 0.811. The molecule has 3 amide bonds. The van der Waals surface area contributed by atoms with E-state index in [9.17, 15) is 14.4 Å². The Balaban J connectivity index is 1.47. The van der Waals surface area contributed by atoms with Gasteiger partial charge < -0.3 is 9.47 Å². The minimum absolute atomic E-state index is 0.0572. The lowest BCUT2D eigenvalue weighted by Gasteiger charge is -2.16. The third kappa shape index (κ3) is 3.22. The zero-order valence-electron chi connectivity index (χ0n) is 15.4. The number of anilines is 1. The standard InChI is InChI=1S/C21H20N4O3/c1-24-13-17(16-8-2-3-9-18(16)24)21(28)23-22-20(27)14-6-4-7-15(12-14)25-11-5-10-19(25)26/h2-4,6-9,12-13H,5,10-11H2,1H3,(H,22,27)(H,23,28). The van der Waals surface area contributed by atoms with E-state index >= 15 is 0 Å². The van der Waals surface area contributed by atoms with Crippen molar-refractivity contribution in [3.8, 4) is 0 Å². The zero-order valence-corrected chi connectivity index (χ0v) is 15.4. The van der Waals surface area contributed by atoms with Crippen LogP contribution in [-0.4, -0.2) is 28.8 Å². The van der Waals surface area contributed by atoms with Crippen molar-refractivity contribution in [2.75, 3.05) is 11.4 Å². The Labute approximate surface area is 161 Å². The molecule has 0 atom stereocenters. The summed E-state index contributed by atoms with van der Waals surface area (Å²) >= 11 is 0. The van der Waals surface area contributed by atoms with Crippen molar-refractivity contribution >= 4 is 34.3 Å². The Hall–Kier alpha value is -3.61. The number of nitrogens with one attached hydrogen (secondary N) is 2. The van der Waals surface area contributed by atoms with Crippen LogP contribution in [0.1, 0.15) is 33.6 Å².